The summed E-state index contributed by atoms with van der Waals surface area (Å²) in [6, 6.07) is 6.09. The van der Waals surface area contributed by atoms with Gasteiger partial charge in [0.25, 0.3) is 0 Å². The van der Waals surface area contributed by atoms with Gasteiger partial charge >= 0.3 is 0 Å². The first-order valence-corrected chi connectivity index (χ1v) is 8.83. The van der Waals surface area contributed by atoms with Crippen LogP contribution in [-0.4, -0.2) is 11.5 Å². The van der Waals surface area contributed by atoms with Crippen LogP contribution >= 0.6 is 46.7 Å². The summed E-state index contributed by atoms with van der Waals surface area (Å²) in [6.07, 6.45) is 1.29. The number of hydrogen-bond acceptors (Lipinski definition) is 2. The average molecular weight is 321 g/mol. The smallest absolute Gasteiger partial charge is 0.0908 e. The molecule has 0 radical (unpaired) electrons. The summed E-state index contributed by atoms with van der Waals surface area (Å²) in [7, 11) is 0. The Balaban J connectivity index is 2.49. The Kier molecular flexibility index (Phi) is 4.53. The van der Waals surface area contributed by atoms with Crippen molar-refractivity contribution in [1.29, 1.82) is 0 Å². The fourth-order valence-corrected chi connectivity index (χ4v) is 6.19. The molecule has 1 fully saturated rings. The number of halogens is 2. The average Bonchev–Trinajstić information content (AvgIpc) is 2.32. The maximum absolute atomic E-state index is 6.19. The third-order valence-electron chi connectivity index (χ3n) is 3.19. The van der Waals surface area contributed by atoms with E-state index in [9.17, 15) is 0 Å². The molecule has 1 aromatic carbocycles. The third-order valence-corrected chi connectivity index (χ3v) is 8.13. The van der Waals surface area contributed by atoms with Crippen LogP contribution in [-0.2, 0) is 4.08 Å². The standard InChI is InChI=1S/C14H18Cl2S2/c1-13(2,3)14(17-7-4-8-18-14)10-5-6-11(15)12(16)9-10/h5-6,9H,4,7-8H2,1-3H3. The number of thioether (sulfide) groups is 2. The van der Waals surface area contributed by atoms with Gasteiger partial charge in [-0.25, -0.2) is 0 Å². The summed E-state index contributed by atoms with van der Waals surface area (Å²) in [5.74, 6) is 2.43. The fourth-order valence-electron chi connectivity index (χ4n) is 2.27. The van der Waals surface area contributed by atoms with Crippen molar-refractivity contribution in [2.75, 3.05) is 11.5 Å². The van der Waals surface area contributed by atoms with Gasteiger partial charge in [-0.1, -0.05) is 50.0 Å². The van der Waals surface area contributed by atoms with E-state index in [1.807, 2.05) is 35.7 Å². The lowest BCUT2D eigenvalue weighted by molar-refractivity contribution is 0.371. The molecule has 2 rings (SSSR count). The molecule has 1 heterocycles. The van der Waals surface area contributed by atoms with Crippen molar-refractivity contribution in [3.63, 3.8) is 0 Å². The quantitative estimate of drug-likeness (QED) is 0.616. The molecule has 1 aliphatic rings. The molecule has 1 aromatic rings. The fraction of sp³-hybridized carbons (Fsp3) is 0.571. The topological polar surface area (TPSA) is 0 Å². The predicted molar refractivity (Wildman–Crippen MR) is 87.1 cm³/mol. The predicted octanol–water partition coefficient (Wildman–Crippen LogP) is 6.06. The van der Waals surface area contributed by atoms with E-state index in [4.69, 9.17) is 23.2 Å². The van der Waals surface area contributed by atoms with Crippen LogP contribution in [0.3, 0.4) is 0 Å². The highest BCUT2D eigenvalue weighted by Gasteiger charge is 2.45. The molecule has 0 aromatic heterocycles. The molecule has 0 bridgehead atoms. The van der Waals surface area contributed by atoms with Crippen LogP contribution in [0, 0.1) is 5.41 Å². The van der Waals surface area contributed by atoms with E-state index in [0.717, 1.165) is 0 Å². The van der Waals surface area contributed by atoms with E-state index < -0.39 is 0 Å². The minimum Gasteiger partial charge on any atom is -0.139 e. The summed E-state index contributed by atoms with van der Waals surface area (Å²) in [6.45, 7) is 6.92. The molecule has 0 saturated carbocycles. The van der Waals surface area contributed by atoms with Gasteiger partial charge in [-0.15, -0.1) is 23.5 Å². The van der Waals surface area contributed by atoms with Gasteiger partial charge in [0, 0.05) is 0 Å². The second-order valence-corrected chi connectivity index (χ2v) is 9.24. The van der Waals surface area contributed by atoms with Gasteiger partial charge in [-0.2, -0.15) is 0 Å². The molecular weight excluding hydrogens is 303 g/mol. The second kappa shape index (κ2) is 5.47. The third kappa shape index (κ3) is 2.67. The monoisotopic (exact) mass is 320 g/mol. The first-order valence-electron chi connectivity index (χ1n) is 6.10. The highest BCUT2D eigenvalue weighted by molar-refractivity contribution is 8.18. The van der Waals surface area contributed by atoms with Gasteiger partial charge in [0.1, 0.15) is 0 Å². The number of rotatable bonds is 1. The molecule has 0 unspecified atom stereocenters. The lowest BCUT2D eigenvalue weighted by Crippen LogP contribution is -2.36. The molecule has 4 heteroatoms. The van der Waals surface area contributed by atoms with Crippen LogP contribution in [0.4, 0.5) is 0 Å². The maximum Gasteiger partial charge on any atom is 0.0908 e. The zero-order valence-corrected chi connectivity index (χ0v) is 14.1. The minimum absolute atomic E-state index is 0.0828. The molecular formula is C14H18Cl2S2. The van der Waals surface area contributed by atoms with Crippen LogP contribution in [0.1, 0.15) is 32.8 Å². The Hall–Kier alpha value is 0.500. The van der Waals surface area contributed by atoms with Crippen molar-refractivity contribution in [2.24, 2.45) is 5.41 Å². The lowest BCUT2D eigenvalue weighted by atomic mass is 9.86. The normalized spacial score (nSPS) is 19.8. The number of hydrogen-bond donors (Lipinski definition) is 0. The zero-order chi connectivity index (χ0) is 13.4. The highest BCUT2D eigenvalue weighted by atomic mass is 35.5. The first-order chi connectivity index (χ1) is 8.37. The zero-order valence-electron chi connectivity index (χ0n) is 10.9. The molecule has 0 atom stereocenters. The highest BCUT2D eigenvalue weighted by Crippen LogP contribution is 2.60. The molecule has 0 aliphatic carbocycles. The van der Waals surface area contributed by atoms with Gasteiger partial charge in [0.05, 0.1) is 14.1 Å². The van der Waals surface area contributed by atoms with Crippen molar-refractivity contribution < 1.29 is 0 Å². The Morgan fingerprint density at radius 2 is 1.67 bits per heavy atom. The molecule has 100 valence electrons. The number of benzene rings is 1. The van der Waals surface area contributed by atoms with Crippen molar-refractivity contribution in [3.8, 4) is 0 Å². The molecule has 1 saturated heterocycles. The first kappa shape index (κ1) is 14.9. The summed E-state index contributed by atoms with van der Waals surface area (Å²) in [5.41, 5.74) is 1.47. The van der Waals surface area contributed by atoms with Gasteiger partial charge in [0.15, 0.2) is 0 Å². The molecule has 1 aliphatic heterocycles. The van der Waals surface area contributed by atoms with Crippen LogP contribution in [0.5, 0.6) is 0 Å². The van der Waals surface area contributed by atoms with Crippen LogP contribution in [0.25, 0.3) is 0 Å². The van der Waals surface area contributed by atoms with Gasteiger partial charge in [-0.05, 0) is 41.0 Å². The van der Waals surface area contributed by atoms with Crippen molar-refractivity contribution >= 4 is 46.7 Å². The van der Waals surface area contributed by atoms with E-state index >= 15 is 0 Å². The Bertz CT molecular complexity index is 432. The Morgan fingerprint density at radius 1 is 1.06 bits per heavy atom. The maximum atomic E-state index is 6.19. The molecule has 0 nitrogen and oxygen atoms in total. The van der Waals surface area contributed by atoms with Gasteiger partial charge < -0.3 is 0 Å². The van der Waals surface area contributed by atoms with Crippen molar-refractivity contribution in [2.45, 2.75) is 31.3 Å². The van der Waals surface area contributed by atoms with E-state index in [2.05, 4.69) is 26.8 Å². The van der Waals surface area contributed by atoms with E-state index in [1.165, 1.54) is 23.5 Å². The van der Waals surface area contributed by atoms with Gasteiger partial charge in [0.2, 0.25) is 0 Å². The SMILES string of the molecule is CC(C)(C)C1(c2ccc(Cl)c(Cl)c2)SCCCS1. The van der Waals surface area contributed by atoms with Crippen LogP contribution < -0.4 is 0 Å². The molecule has 0 N–H and O–H groups in total. The van der Waals surface area contributed by atoms with Gasteiger partial charge in [-0.3, -0.25) is 0 Å². The van der Waals surface area contributed by atoms with E-state index in [-0.39, 0.29) is 9.49 Å². The summed E-state index contributed by atoms with van der Waals surface area (Å²) in [5, 5.41) is 1.29. The minimum atomic E-state index is 0.0828. The Morgan fingerprint density at radius 3 is 2.17 bits per heavy atom. The Labute approximate surface area is 128 Å². The van der Waals surface area contributed by atoms with Crippen molar-refractivity contribution in [1.82, 2.24) is 0 Å². The lowest BCUT2D eigenvalue weighted by Gasteiger charge is -2.46. The van der Waals surface area contributed by atoms with E-state index in [0.29, 0.717) is 10.0 Å². The second-order valence-electron chi connectivity index (χ2n) is 5.55. The largest absolute Gasteiger partial charge is 0.139 e. The van der Waals surface area contributed by atoms with E-state index in [1.54, 1.807) is 0 Å². The summed E-state index contributed by atoms with van der Waals surface area (Å²) < 4.78 is 0.0828. The molecule has 0 spiro atoms. The van der Waals surface area contributed by atoms with Crippen LogP contribution in [0.15, 0.2) is 18.2 Å². The molecule has 18 heavy (non-hydrogen) atoms. The molecule has 0 amide bonds. The van der Waals surface area contributed by atoms with Crippen LogP contribution in [0.2, 0.25) is 10.0 Å². The summed E-state index contributed by atoms with van der Waals surface area (Å²) in [4.78, 5) is 0. The van der Waals surface area contributed by atoms with Crippen molar-refractivity contribution in [3.05, 3.63) is 33.8 Å². The summed E-state index contributed by atoms with van der Waals surface area (Å²) >= 11 is 16.3.